The summed E-state index contributed by atoms with van der Waals surface area (Å²) in [7, 11) is 3.58. The average Bonchev–Trinajstić information content (AvgIpc) is 3.36. The van der Waals surface area contributed by atoms with Gasteiger partial charge in [-0.05, 0) is 25.2 Å². The van der Waals surface area contributed by atoms with E-state index in [0.717, 1.165) is 64.4 Å². The molecule has 0 aromatic rings. The SMILES string of the molecule is CN=C(NCCCOCC(C)C)NCCN(CCOC)C1CC1.I. The standard InChI is InChI=1S/C17H36N4O2.HI/c1-15(2)14-23-12-5-8-19-17(18-3)20-9-10-21(11-13-22-4)16-6-7-16;/h15-16H,5-14H2,1-4H3,(H2,18,19,20);1H. The molecule has 0 aromatic carbocycles. The Morgan fingerprint density at radius 1 is 1.17 bits per heavy atom. The molecule has 144 valence electrons. The van der Waals surface area contributed by atoms with Crippen molar-refractivity contribution >= 4 is 29.9 Å². The van der Waals surface area contributed by atoms with Crippen molar-refractivity contribution in [3.8, 4) is 0 Å². The van der Waals surface area contributed by atoms with Crippen LogP contribution in [0.3, 0.4) is 0 Å². The zero-order valence-electron chi connectivity index (χ0n) is 15.8. The summed E-state index contributed by atoms with van der Waals surface area (Å²) in [6.07, 6.45) is 3.65. The number of aliphatic imine (C=N–C) groups is 1. The number of nitrogens with zero attached hydrogens (tertiary/aromatic N) is 2. The Kier molecular flexibility index (Phi) is 15.1. The molecule has 1 saturated carbocycles. The Morgan fingerprint density at radius 3 is 2.46 bits per heavy atom. The third kappa shape index (κ3) is 12.3. The maximum Gasteiger partial charge on any atom is 0.191 e. The summed E-state index contributed by atoms with van der Waals surface area (Å²) < 4.78 is 10.8. The van der Waals surface area contributed by atoms with Gasteiger partial charge in [-0.3, -0.25) is 9.89 Å². The molecule has 24 heavy (non-hydrogen) atoms. The van der Waals surface area contributed by atoms with E-state index in [-0.39, 0.29) is 24.0 Å². The van der Waals surface area contributed by atoms with Crippen molar-refractivity contribution < 1.29 is 9.47 Å². The van der Waals surface area contributed by atoms with Gasteiger partial charge >= 0.3 is 0 Å². The van der Waals surface area contributed by atoms with Crippen LogP contribution < -0.4 is 10.6 Å². The first kappa shape index (κ1) is 23.9. The molecule has 1 fully saturated rings. The van der Waals surface area contributed by atoms with Gasteiger partial charge in [-0.1, -0.05) is 13.8 Å². The lowest BCUT2D eigenvalue weighted by molar-refractivity contribution is 0.108. The van der Waals surface area contributed by atoms with Crippen LogP contribution in [-0.4, -0.2) is 77.1 Å². The molecule has 0 amide bonds. The highest BCUT2D eigenvalue weighted by molar-refractivity contribution is 14.0. The molecule has 0 aromatic heterocycles. The van der Waals surface area contributed by atoms with Crippen LogP contribution in [0.15, 0.2) is 4.99 Å². The number of guanidine groups is 1. The largest absolute Gasteiger partial charge is 0.383 e. The molecule has 0 spiro atoms. The van der Waals surface area contributed by atoms with Crippen molar-refractivity contribution in [2.24, 2.45) is 10.9 Å². The maximum atomic E-state index is 5.58. The minimum atomic E-state index is 0. The zero-order chi connectivity index (χ0) is 16.9. The van der Waals surface area contributed by atoms with Gasteiger partial charge in [-0.15, -0.1) is 24.0 Å². The van der Waals surface area contributed by atoms with Gasteiger partial charge in [0.15, 0.2) is 5.96 Å². The van der Waals surface area contributed by atoms with Crippen molar-refractivity contribution in [3.05, 3.63) is 0 Å². The molecule has 2 N–H and O–H groups in total. The molecule has 1 aliphatic rings. The molecule has 0 radical (unpaired) electrons. The van der Waals surface area contributed by atoms with Gasteiger partial charge in [-0.25, -0.2) is 0 Å². The van der Waals surface area contributed by atoms with Crippen molar-refractivity contribution in [1.29, 1.82) is 0 Å². The number of halogens is 1. The van der Waals surface area contributed by atoms with Gasteiger partial charge in [0.1, 0.15) is 0 Å². The maximum absolute atomic E-state index is 5.58. The lowest BCUT2D eigenvalue weighted by Crippen LogP contribution is -2.43. The lowest BCUT2D eigenvalue weighted by atomic mass is 10.2. The normalized spacial score (nSPS) is 14.8. The second-order valence-corrected chi connectivity index (χ2v) is 6.51. The number of rotatable bonds is 13. The Labute approximate surface area is 165 Å². The van der Waals surface area contributed by atoms with Crippen LogP contribution in [-0.2, 0) is 9.47 Å². The van der Waals surface area contributed by atoms with E-state index in [1.807, 2.05) is 7.05 Å². The number of hydrogen-bond donors (Lipinski definition) is 2. The molecule has 0 saturated heterocycles. The Bertz CT molecular complexity index is 326. The molecular formula is C17H37IN4O2. The third-order valence-corrected chi connectivity index (χ3v) is 3.77. The molecule has 0 bridgehead atoms. The Balaban J connectivity index is 0.00000529. The predicted octanol–water partition coefficient (Wildman–Crippen LogP) is 1.94. The van der Waals surface area contributed by atoms with Gasteiger partial charge in [0, 0.05) is 59.6 Å². The second kappa shape index (κ2) is 15.2. The van der Waals surface area contributed by atoms with Crippen LogP contribution in [0, 0.1) is 5.92 Å². The van der Waals surface area contributed by atoms with Crippen LogP contribution in [0.5, 0.6) is 0 Å². The quantitative estimate of drug-likeness (QED) is 0.192. The third-order valence-electron chi connectivity index (χ3n) is 3.77. The van der Waals surface area contributed by atoms with E-state index in [2.05, 4.69) is 34.4 Å². The molecular weight excluding hydrogens is 419 g/mol. The molecule has 6 nitrogen and oxygen atoms in total. The number of hydrogen-bond acceptors (Lipinski definition) is 4. The molecule has 7 heteroatoms. The zero-order valence-corrected chi connectivity index (χ0v) is 18.2. The van der Waals surface area contributed by atoms with Crippen LogP contribution >= 0.6 is 24.0 Å². The molecule has 0 heterocycles. The highest BCUT2D eigenvalue weighted by Crippen LogP contribution is 2.25. The van der Waals surface area contributed by atoms with Crippen LogP contribution in [0.2, 0.25) is 0 Å². The molecule has 1 rings (SSSR count). The summed E-state index contributed by atoms with van der Waals surface area (Å²) in [6.45, 7) is 10.6. The first-order chi connectivity index (χ1) is 11.2. The van der Waals surface area contributed by atoms with Crippen molar-refractivity contribution in [2.45, 2.75) is 39.2 Å². The van der Waals surface area contributed by atoms with E-state index in [1.54, 1.807) is 7.11 Å². The van der Waals surface area contributed by atoms with Gasteiger partial charge in [0.25, 0.3) is 0 Å². The smallest absolute Gasteiger partial charge is 0.191 e. The molecule has 1 aliphatic carbocycles. The first-order valence-corrected chi connectivity index (χ1v) is 8.92. The summed E-state index contributed by atoms with van der Waals surface area (Å²) in [5.41, 5.74) is 0. The minimum Gasteiger partial charge on any atom is -0.383 e. The van der Waals surface area contributed by atoms with Crippen molar-refractivity contribution in [3.63, 3.8) is 0 Å². The van der Waals surface area contributed by atoms with E-state index in [1.165, 1.54) is 12.8 Å². The van der Waals surface area contributed by atoms with E-state index in [0.29, 0.717) is 5.92 Å². The molecule has 0 aliphatic heterocycles. The fourth-order valence-electron chi connectivity index (χ4n) is 2.36. The number of methoxy groups -OCH3 is 1. The van der Waals surface area contributed by atoms with E-state index >= 15 is 0 Å². The van der Waals surface area contributed by atoms with E-state index in [4.69, 9.17) is 9.47 Å². The first-order valence-electron chi connectivity index (χ1n) is 8.92. The van der Waals surface area contributed by atoms with Crippen LogP contribution in [0.25, 0.3) is 0 Å². The fourth-order valence-corrected chi connectivity index (χ4v) is 2.36. The van der Waals surface area contributed by atoms with Crippen LogP contribution in [0.1, 0.15) is 33.1 Å². The average molecular weight is 456 g/mol. The predicted molar refractivity (Wildman–Crippen MR) is 112 cm³/mol. The molecule has 0 atom stereocenters. The van der Waals surface area contributed by atoms with E-state index < -0.39 is 0 Å². The van der Waals surface area contributed by atoms with Gasteiger partial charge in [0.05, 0.1) is 6.61 Å². The van der Waals surface area contributed by atoms with Crippen molar-refractivity contribution in [2.75, 3.05) is 60.2 Å². The second-order valence-electron chi connectivity index (χ2n) is 6.51. The van der Waals surface area contributed by atoms with Crippen LogP contribution in [0.4, 0.5) is 0 Å². The lowest BCUT2D eigenvalue weighted by Gasteiger charge is -2.22. The summed E-state index contributed by atoms with van der Waals surface area (Å²) in [4.78, 5) is 6.77. The highest BCUT2D eigenvalue weighted by atomic mass is 127. The minimum absolute atomic E-state index is 0. The monoisotopic (exact) mass is 456 g/mol. The van der Waals surface area contributed by atoms with Gasteiger partial charge < -0.3 is 20.1 Å². The Morgan fingerprint density at radius 2 is 1.88 bits per heavy atom. The fraction of sp³-hybridized carbons (Fsp3) is 0.941. The summed E-state index contributed by atoms with van der Waals surface area (Å²) in [5, 5.41) is 6.72. The number of ether oxygens (including phenoxy) is 2. The number of nitrogens with one attached hydrogen (secondary N) is 2. The Hall–Kier alpha value is -0.120. The topological polar surface area (TPSA) is 58.1 Å². The highest BCUT2D eigenvalue weighted by Gasteiger charge is 2.28. The summed E-state index contributed by atoms with van der Waals surface area (Å²) in [5.74, 6) is 1.47. The van der Waals surface area contributed by atoms with Gasteiger partial charge in [0.2, 0.25) is 0 Å². The van der Waals surface area contributed by atoms with E-state index in [9.17, 15) is 0 Å². The molecule has 0 unspecified atom stereocenters. The summed E-state index contributed by atoms with van der Waals surface area (Å²) in [6, 6.07) is 0.764. The van der Waals surface area contributed by atoms with Gasteiger partial charge in [-0.2, -0.15) is 0 Å². The summed E-state index contributed by atoms with van der Waals surface area (Å²) >= 11 is 0. The van der Waals surface area contributed by atoms with Crippen molar-refractivity contribution in [1.82, 2.24) is 15.5 Å².